The first-order chi connectivity index (χ1) is 9.15. The van der Waals surface area contributed by atoms with E-state index in [1.807, 2.05) is 24.3 Å². The van der Waals surface area contributed by atoms with E-state index in [2.05, 4.69) is 34.9 Å². The lowest BCUT2D eigenvalue weighted by Crippen LogP contribution is -2.17. The second-order valence-corrected chi connectivity index (χ2v) is 7.38. The maximum absolute atomic E-state index is 11.2. The molecule has 0 atom stereocenters. The van der Waals surface area contributed by atoms with E-state index in [0.29, 0.717) is 5.71 Å². The minimum Gasteiger partial charge on any atom is -0.338 e. The zero-order chi connectivity index (χ0) is 15.0. The normalized spacial score (nSPS) is 17.6. The molecule has 0 saturated heterocycles. The molecule has 0 unspecified atom stereocenters. The molecule has 1 heterocycles. The molecule has 1 aromatic rings. The van der Waals surface area contributed by atoms with Gasteiger partial charge in [0.1, 0.15) is 0 Å². The predicted molar refractivity (Wildman–Crippen MR) is 82.7 cm³/mol. The van der Waals surface area contributed by atoms with Crippen LogP contribution < -0.4 is 5.32 Å². The molecule has 1 N–H and O–H groups in total. The van der Waals surface area contributed by atoms with Gasteiger partial charge in [0.05, 0.1) is 5.71 Å². The van der Waals surface area contributed by atoms with Gasteiger partial charge in [0.2, 0.25) is 0 Å². The average Bonchev–Trinajstić information content (AvgIpc) is 2.52. The molecule has 0 aliphatic carbocycles. The molecule has 0 saturated carbocycles. The second kappa shape index (κ2) is 5.01. The van der Waals surface area contributed by atoms with E-state index in [9.17, 15) is 8.42 Å². The Morgan fingerprint density at radius 2 is 1.70 bits per heavy atom. The number of hydrogen-bond donors (Lipinski definition) is 1. The quantitative estimate of drug-likeness (QED) is 0.911. The molecule has 5 nitrogen and oxygen atoms in total. The first-order valence-corrected chi connectivity index (χ1v) is 7.82. The summed E-state index contributed by atoms with van der Waals surface area (Å²) in [6.07, 6.45) is 0.989. The largest absolute Gasteiger partial charge is 0.365 e. The lowest BCUT2D eigenvalue weighted by Gasteiger charge is -2.18. The topological polar surface area (TPSA) is 70.9 Å². The third-order valence-corrected chi connectivity index (χ3v) is 3.67. The number of nitrogens with one attached hydrogen (secondary N) is 1. The first kappa shape index (κ1) is 14.7. The zero-order valence-electron chi connectivity index (χ0n) is 12.1. The molecule has 1 aromatic carbocycles. The van der Waals surface area contributed by atoms with Gasteiger partial charge in [-0.2, -0.15) is 8.42 Å². The molecule has 108 valence electrons. The van der Waals surface area contributed by atoms with Gasteiger partial charge in [-0.15, -0.1) is 8.80 Å². The molecular formula is C14H19N3O2S. The molecule has 6 heteroatoms. The van der Waals surface area contributed by atoms with Crippen molar-refractivity contribution in [1.29, 1.82) is 0 Å². The molecule has 20 heavy (non-hydrogen) atoms. The van der Waals surface area contributed by atoms with Crippen LogP contribution in [0.5, 0.6) is 0 Å². The third kappa shape index (κ3) is 3.90. The SMILES string of the molecule is CC1=NS(=O)(=O)N=C1Nc1ccc(CC(C)(C)C)cc1. The van der Waals surface area contributed by atoms with Crippen molar-refractivity contribution in [2.45, 2.75) is 34.1 Å². The van der Waals surface area contributed by atoms with Crippen molar-refractivity contribution in [3.05, 3.63) is 29.8 Å². The van der Waals surface area contributed by atoms with Crippen LogP contribution in [0.15, 0.2) is 33.1 Å². The lowest BCUT2D eigenvalue weighted by atomic mass is 9.88. The number of hydrogen-bond acceptors (Lipinski definition) is 3. The van der Waals surface area contributed by atoms with E-state index in [-0.39, 0.29) is 11.3 Å². The second-order valence-electron chi connectivity index (χ2n) is 6.12. The Labute approximate surface area is 120 Å². The Morgan fingerprint density at radius 1 is 1.10 bits per heavy atom. The van der Waals surface area contributed by atoms with Crippen LogP contribution >= 0.6 is 0 Å². The standard InChI is InChI=1S/C14H19N3O2S/c1-10-13(17-20(18,19)16-10)15-12-7-5-11(6-8-12)9-14(2,3)4/h5-8H,9H2,1-4H3,(H,15,17). The van der Waals surface area contributed by atoms with Crippen LogP contribution in [-0.4, -0.2) is 20.0 Å². The Balaban J connectivity index is 2.11. The molecule has 0 radical (unpaired) electrons. The number of benzene rings is 1. The van der Waals surface area contributed by atoms with Gasteiger partial charge in [-0.05, 0) is 36.5 Å². The minimum atomic E-state index is -3.68. The van der Waals surface area contributed by atoms with Crippen molar-refractivity contribution in [1.82, 2.24) is 0 Å². The van der Waals surface area contributed by atoms with Gasteiger partial charge in [-0.25, -0.2) is 0 Å². The van der Waals surface area contributed by atoms with Crippen LogP contribution in [0.4, 0.5) is 5.69 Å². The van der Waals surface area contributed by atoms with Crippen molar-refractivity contribution < 1.29 is 8.42 Å². The van der Waals surface area contributed by atoms with Crippen LogP contribution in [-0.2, 0) is 16.6 Å². The minimum absolute atomic E-state index is 0.238. The van der Waals surface area contributed by atoms with Crippen molar-refractivity contribution in [3.8, 4) is 0 Å². The number of amidine groups is 1. The van der Waals surface area contributed by atoms with Gasteiger partial charge in [-0.1, -0.05) is 32.9 Å². The van der Waals surface area contributed by atoms with Crippen LogP contribution in [0.1, 0.15) is 33.3 Å². The molecule has 0 spiro atoms. The van der Waals surface area contributed by atoms with Gasteiger partial charge < -0.3 is 5.32 Å². The summed E-state index contributed by atoms with van der Waals surface area (Å²) in [7, 11) is -3.68. The van der Waals surface area contributed by atoms with E-state index < -0.39 is 10.2 Å². The van der Waals surface area contributed by atoms with Crippen molar-refractivity contribution >= 4 is 27.4 Å². The highest BCUT2D eigenvalue weighted by atomic mass is 32.2. The molecule has 1 aliphatic heterocycles. The smallest absolute Gasteiger partial charge is 0.338 e. The van der Waals surface area contributed by atoms with Gasteiger partial charge >= 0.3 is 10.2 Å². The Morgan fingerprint density at radius 3 is 2.15 bits per heavy atom. The number of rotatable bonds is 2. The van der Waals surface area contributed by atoms with Crippen LogP contribution in [0.25, 0.3) is 0 Å². The number of nitrogens with zero attached hydrogens (tertiary/aromatic N) is 2. The Bertz CT molecular complexity index is 665. The predicted octanol–water partition coefficient (Wildman–Crippen LogP) is 2.80. The zero-order valence-corrected chi connectivity index (χ0v) is 13.0. The maximum Gasteiger partial charge on any atom is 0.365 e. The highest BCUT2D eigenvalue weighted by molar-refractivity contribution is 7.89. The first-order valence-electron chi connectivity index (χ1n) is 6.42. The molecule has 1 aliphatic rings. The van der Waals surface area contributed by atoms with E-state index in [1.54, 1.807) is 6.92 Å². The van der Waals surface area contributed by atoms with E-state index in [0.717, 1.165) is 12.1 Å². The van der Waals surface area contributed by atoms with Crippen molar-refractivity contribution in [2.75, 3.05) is 5.32 Å². The fourth-order valence-corrected chi connectivity index (χ4v) is 2.87. The van der Waals surface area contributed by atoms with Crippen molar-refractivity contribution in [2.24, 2.45) is 14.2 Å². The molecule has 0 amide bonds. The van der Waals surface area contributed by atoms with E-state index in [4.69, 9.17) is 0 Å². The molecule has 0 fully saturated rings. The Kier molecular flexibility index (Phi) is 3.69. The van der Waals surface area contributed by atoms with Gasteiger partial charge in [-0.3, -0.25) is 0 Å². The summed E-state index contributed by atoms with van der Waals surface area (Å²) in [6, 6.07) is 7.90. The summed E-state index contributed by atoms with van der Waals surface area (Å²) in [5.74, 6) is 0.286. The third-order valence-electron chi connectivity index (χ3n) is 2.75. The summed E-state index contributed by atoms with van der Waals surface area (Å²) in [6.45, 7) is 8.19. The highest BCUT2D eigenvalue weighted by Crippen LogP contribution is 2.22. The summed E-state index contributed by atoms with van der Waals surface area (Å²) < 4.78 is 29.5. The summed E-state index contributed by atoms with van der Waals surface area (Å²) in [5.41, 5.74) is 2.66. The fourth-order valence-electron chi connectivity index (χ4n) is 1.99. The van der Waals surface area contributed by atoms with E-state index in [1.165, 1.54) is 5.56 Å². The highest BCUT2D eigenvalue weighted by Gasteiger charge is 2.20. The number of anilines is 1. The van der Waals surface area contributed by atoms with Crippen LogP contribution in [0.3, 0.4) is 0 Å². The summed E-state index contributed by atoms with van der Waals surface area (Å²) >= 11 is 0. The molecule has 0 bridgehead atoms. The lowest BCUT2D eigenvalue weighted by molar-refractivity contribution is 0.411. The Hall–Kier alpha value is -1.69. The average molecular weight is 293 g/mol. The summed E-state index contributed by atoms with van der Waals surface area (Å²) in [5, 5.41) is 2.98. The van der Waals surface area contributed by atoms with Gasteiger partial charge in [0.15, 0.2) is 5.84 Å². The molecular weight excluding hydrogens is 274 g/mol. The van der Waals surface area contributed by atoms with Crippen LogP contribution in [0, 0.1) is 5.41 Å². The van der Waals surface area contributed by atoms with Crippen molar-refractivity contribution in [3.63, 3.8) is 0 Å². The van der Waals surface area contributed by atoms with Gasteiger partial charge in [0.25, 0.3) is 0 Å². The monoisotopic (exact) mass is 293 g/mol. The fraction of sp³-hybridized carbons (Fsp3) is 0.429. The summed E-state index contributed by atoms with van der Waals surface area (Å²) in [4.78, 5) is 0. The molecule has 0 aromatic heterocycles. The molecule has 2 rings (SSSR count). The van der Waals surface area contributed by atoms with Gasteiger partial charge in [0, 0.05) is 5.69 Å². The van der Waals surface area contributed by atoms with Crippen LogP contribution in [0.2, 0.25) is 0 Å². The maximum atomic E-state index is 11.2. The van der Waals surface area contributed by atoms with E-state index >= 15 is 0 Å².